The fourth-order valence-corrected chi connectivity index (χ4v) is 1.99. The number of hydrogen-bond donors (Lipinski definition) is 2. The summed E-state index contributed by atoms with van der Waals surface area (Å²) in [5.41, 5.74) is 4.14. The van der Waals surface area contributed by atoms with Crippen LogP contribution in [0.25, 0.3) is 0 Å². The molecule has 0 amide bonds. The minimum atomic E-state index is 0.270. The molecule has 1 aliphatic rings. The monoisotopic (exact) mass is 220 g/mol. The summed E-state index contributed by atoms with van der Waals surface area (Å²) >= 11 is 0. The van der Waals surface area contributed by atoms with Crippen LogP contribution in [0.5, 0.6) is 5.75 Å². The van der Waals surface area contributed by atoms with Gasteiger partial charge in [-0.3, -0.25) is 11.3 Å². The first-order valence-electron chi connectivity index (χ1n) is 5.93. The first-order valence-corrected chi connectivity index (χ1v) is 5.93. The van der Waals surface area contributed by atoms with E-state index in [1.807, 2.05) is 12.1 Å². The molecule has 1 saturated carbocycles. The first kappa shape index (κ1) is 11.4. The Morgan fingerprint density at radius 2 is 2.06 bits per heavy atom. The van der Waals surface area contributed by atoms with Gasteiger partial charge in [-0.05, 0) is 36.5 Å². The highest BCUT2D eigenvalue weighted by molar-refractivity contribution is 5.29. The van der Waals surface area contributed by atoms with E-state index < -0.39 is 0 Å². The van der Waals surface area contributed by atoms with E-state index in [-0.39, 0.29) is 6.04 Å². The lowest BCUT2D eigenvalue weighted by atomic mass is 10.0. The molecule has 3 N–H and O–H groups in total. The number of methoxy groups -OCH3 is 1. The Labute approximate surface area is 97.0 Å². The van der Waals surface area contributed by atoms with Crippen molar-refractivity contribution in [3.8, 4) is 5.75 Å². The van der Waals surface area contributed by atoms with E-state index in [0.29, 0.717) is 0 Å². The normalized spacial score (nSPS) is 17.1. The van der Waals surface area contributed by atoms with Crippen LogP contribution >= 0.6 is 0 Å². The zero-order valence-electron chi connectivity index (χ0n) is 9.78. The zero-order chi connectivity index (χ0) is 11.4. The van der Waals surface area contributed by atoms with Crippen LogP contribution in [0.15, 0.2) is 24.3 Å². The van der Waals surface area contributed by atoms with Crippen LogP contribution in [0.3, 0.4) is 0 Å². The Hall–Kier alpha value is -1.06. The number of rotatable bonds is 6. The minimum Gasteiger partial charge on any atom is -0.497 e. The molecule has 0 bridgehead atoms. The van der Waals surface area contributed by atoms with Gasteiger partial charge in [-0.25, -0.2) is 0 Å². The molecule has 1 aliphatic carbocycles. The average molecular weight is 220 g/mol. The molecule has 1 aromatic carbocycles. The van der Waals surface area contributed by atoms with Gasteiger partial charge < -0.3 is 4.74 Å². The highest BCUT2D eigenvalue weighted by atomic mass is 16.5. The van der Waals surface area contributed by atoms with Crippen molar-refractivity contribution in [1.29, 1.82) is 0 Å². The lowest BCUT2D eigenvalue weighted by Gasteiger charge is -2.16. The SMILES string of the molecule is COc1ccc(C(CCC2CC2)NN)cc1. The Bertz CT molecular complexity index is 319. The third-order valence-electron chi connectivity index (χ3n) is 3.28. The van der Waals surface area contributed by atoms with Crippen molar-refractivity contribution >= 4 is 0 Å². The standard InChI is InChI=1S/C13H20N2O/c1-16-12-7-5-11(6-8-12)13(15-14)9-4-10-2-3-10/h5-8,10,13,15H,2-4,9,14H2,1H3. The molecule has 0 aliphatic heterocycles. The molecule has 0 saturated heterocycles. The van der Waals surface area contributed by atoms with Crippen LogP contribution in [0.1, 0.15) is 37.3 Å². The smallest absolute Gasteiger partial charge is 0.118 e. The number of nitrogens with two attached hydrogens (primary N) is 1. The second-order valence-electron chi connectivity index (χ2n) is 4.51. The molecule has 1 atom stereocenters. The van der Waals surface area contributed by atoms with Crippen molar-refractivity contribution in [2.24, 2.45) is 11.8 Å². The van der Waals surface area contributed by atoms with Crippen molar-refractivity contribution in [1.82, 2.24) is 5.43 Å². The maximum absolute atomic E-state index is 5.60. The summed E-state index contributed by atoms with van der Waals surface area (Å²) in [5.74, 6) is 7.44. The predicted molar refractivity (Wildman–Crippen MR) is 65.0 cm³/mol. The van der Waals surface area contributed by atoms with Crippen LogP contribution in [-0.2, 0) is 0 Å². The Kier molecular flexibility index (Phi) is 3.80. The maximum Gasteiger partial charge on any atom is 0.118 e. The fourth-order valence-electron chi connectivity index (χ4n) is 1.99. The number of hydrazine groups is 1. The van der Waals surface area contributed by atoms with Gasteiger partial charge in [-0.2, -0.15) is 0 Å². The Morgan fingerprint density at radius 1 is 1.38 bits per heavy atom. The molecule has 2 rings (SSSR count). The summed E-state index contributed by atoms with van der Waals surface area (Å²) in [6, 6.07) is 8.40. The summed E-state index contributed by atoms with van der Waals surface area (Å²) in [5, 5.41) is 0. The summed E-state index contributed by atoms with van der Waals surface area (Å²) in [4.78, 5) is 0. The molecule has 3 nitrogen and oxygen atoms in total. The highest BCUT2D eigenvalue weighted by Crippen LogP contribution is 2.35. The molecule has 0 aromatic heterocycles. The van der Waals surface area contributed by atoms with Gasteiger partial charge in [0.05, 0.1) is 7.11 Å². The third kappa shape index (κ3) is 2.97. The van der Waals surface area contributed by atoms with Crippen molar-refractivity contribution in [2.75, 3.05) is 7.11 Å². The van der Waals surface area contributed by atoms with Crippen molar-refractivity contribution in [3.05, 3.63) is 29.8 Å². The lowest BCUT2D eigenvalue weighted by Crippen LogP contribution is -2.28. The quantitative estimate of drug-likeness (QED) is 0.571. The van der Waals surface area contributed by atoms with Crippen molar-refractivity contribution in [2.45, 2.75) is 31.7 Å². The van der Waals surface area contributed by atoms with E-state index in [1.165, 1.54) is 24.8 Å². The van der Waals surface area contributed by atoms with E-state index in [4.69, 9.17) is 10.6 Å². The lowest BCUT2D eigenvalue weighted by molar-refractivity contribution is 0.414. The fraction of sp³-hybridized carbons (Fsp3) is 0.538. The van der Waals surface area contributed by atoms with Gasteiger partial charge in [0.1, 0.15) is 5.75 Å². The molecule has 3 heteroatoms. The molecule has 1 unspecified atom stereocenters. The van der Waals surface area contributed by atoms with E-state index in [2.05, 4.69) is 17.6 Å². The van der Waals surface area contributed by atoms with Crippen LogP contribution in [0.2, 0.25) is 0 Å². The van der Waals surface area contributed by atoms with Crippen LogP contribution in [0.4, 0.5) is 0 Å². The molecule has 1 aromatic rings. The van der Waals surface area contributed by atoms with Crippen LogP contribution in [-0.4, -0.2) is 7.11 Å². The van der Waals surface area contributed by atoms with Crippen LogP contribution < -0.4 is 16.0 Å². The van der Waals surface area contributed by atoms with Gasteiger partial charge in [0.2, 0.25) is 0 Å². The number of ether oxygens (including phenoxy) is 1. The van der Waals surface area contributed by atoms with Crippen molar-refractivity contribution in [3.63, 3.8) is 0 Å². The topological polar surface area (TPSA) is 47.3 Å². The summed E-state index contributed by atoms with van der Waals surface area (Å²) < 4.78 is 5.14. The molecular weight excluding hydrogens is 200 g/mol. The first-order chi connectivity index (χ1) is 7.83. The third-order valence-corrected chi connectivity index (χ3v) is 3.28. The van der Waals surface area contributed by atoms with E-state index in [1.54, 1.807) is 7.11 Å². The van der Waals surface area contributed by atoms with Gasteiger partial charge in [-0.15, -0.1) is 0 Å². The van der Waals surface area contributed by atoms with Gasteiger partial charge in [0.25, 0.3) is 0 Å². The average Bonchev–Trinajstić information content (AvgIpc) is 3.15. The van der Waals surface area contributed by atoms with E-state index in [9.17, 15) is 0 Å². The van der Waals surface area contributed by atoms with Crippen molar-refractivity contribution < 1.29 is 4.74 Å². The number of benzene rings is 1. The maximum atomic E-state index is 5.60. The molecular formula is C13H20N2O. The largest absolute Gasteiger partial charge is 0.497 e. The molecule has 1 fully saturated rings. The van der Waals surface area contributed by atoms with Gasteiger partial charge >= 0.3 is 0 Å². The predicted octanol–water partition coefficient (Wildman–Crippen LogP) is 2.39. The molecule has 0 heterocycles. The summed E-state index contributed by atoms with van der Waals surface area (Å²) in [7, 11) is 1.68. The number of nitrogens with one attached hydrogen (secondary N) is 1. The molecule has 16 heavy (non-hydrogen) atoms. The zero-order valence-corrected chi connectivity index (χ0v) is 9.78. The summed E-state index contributed by atoms with van der Waals surface area (Å²) in [6.45, 7) is 0. The molecule has 0 spiro atoms. The Balaban J connectivity index is 1.94. The van der Waals surface area contributed by atoms with Gasteiger partial charge in [0, 0.05) is 6.04 Å². The second-order valence-corrected chi connectivity index (χ2v) is 4.51. The second kappa shape index (κ2) is 5.32. The minimum absolute atomic E-state index is 0.270. The highest BCUT2D eigenvalue weighted by Gasteiger charge is 2.22. The van der Waals surface area contributed by atoms with Crippen LogP contribution in [0, 0.1) is 5.92 Å². The summed E-state index contributed by atoms with van der Waals surface area (Å²) in [6.07, 6.45) is 5.20. The molecule has 88 valence electrons. The molecule has 0 radical (unpaired) electrons. The number of hydrogen-bond acceptors (Lipinski definition) is 3. The Morgan fingerprint density at radius 3 is 2.56 bits per heavy atom. The van der Waals surface area contributed by atoms with E-state index >= 15 is 0 Å². The van der Waals surface area contributed by atoms with E-state index in [0.717, 1.165) is 18.1 Å². The van der Waals surface area contributed by atoms with Gasteiger partial charge in [0.15, 0.2) is 0 Å². The van der Waals surface area contributed by atoms with Gasteiger partial charge in [-0.1, -0.05) is 25.0 Å².